The highest BCUT2D eigenvalue weighted by Gasteiger charge is 2.21. The number of rotatable bonds is 7. The fraction of sp³-hybridized carbons (Fsp3) is 0.304. The van der Waals surface area contributed by atoms with Gasteiger partial charge in [0.25, 0.3) is 0 Å². The number of hydrogen-bond acceptors (Lipinski definition) is 5. The standard InChI is InChI=1S/C23H26N8/c1-16(25)10-21-28-22(20-13-27-30(3)15-20)23(19-6-4-17(11-24)5-7-19)31(21)9-8-18-12-26-29(2)14-18/h4-7,12-16H,8-10,25H2,1-3H3. The Labute approximate surface area is 181 Å². The summed E-state index contributed by atoms with van der Waals surface area (Å²) in [5.41, 5.74) is 11.8. The van der Waals surface area contributed by atoms with Gasteiger partial charge in [-0.2, -0.15) is 15.5 Å². The molecule has 0 fully saturated rings. The van der Waals surface area contributed by atoms with Gasteiger partial charge in [0.15, 0.2) is 0 Å². The minimum Gasteiger partial charge on any atom is -0.328 e. The molecule has 2 N–H and O–H groups in total. The first kappa shape index (κ1) is 20.6. The number of nitriles is 1. The highest BCUT2D eigenvalue weighted by molar-refractivity contribution is 5.79. The van der Waals surface area contributed by atoms with Crippen LogP contribution in [-0.4, -0.2) is 35.2 Å². The summed E-state index contributed by atoms with van der Waals surface area (Å²) < 4.78 is 5.84. The number of hydrogen-bond donors (Lipinski definition) is 1. The molecule has 0 amide bonds. The van der Waals surface area contributed by atoms with Gasteiger partial charge >= 0.3 is 0 Å². The maximum Gasteiger partial charge on any atom is 0.111 e. The van der Waals surface area contributed by atoms with E-state index in [0.717, 1.165) is 46.9 Å². The molecule has 1 unspecified atom stereocenters. The van der Waals surface area contributed by atoms with Crippen molar-refractivity contribution < 1.29 is 0 Å². The molecule has 0 aliphatic heterocycles. The Bertz CT molecular complexity index is 1220. The van der Waals surface area contributed by atoms with E-state index < -0.39 is 0 Å². The van der Waals surface area contributed by atoms with Crippen molar-refractivity contribution in [2.75, 3.05) is 0 Å². The first-order valence-corrected chi connectivity index (χ1v) is 10.3. The Morgan fingerprint density at radius 3 is 2.32 bits per heavy atom. The summed E-state index contributed by atoms with van der Waals surface area (Å²) in [5, 5.41) is 17.8. The lowest BCUT2D eigenvalue weighted by Crippen LogP contribution is -2.21. The van der Waals surface area contributed by atoms with E-state index in [-0.39, 0.29) is 6.04 Å². The van der Waals surface area contributed by atoms with Crippen molar-refractivity contribution in [2.24, 2.45) is 19.8 Å². The topological polar surface area (TPSA) is 103 Å². The third kappa shape index (κ3) is 4.42. The van der Waals surface area contributed by atoms with Crippen molar-refractivity contribution in [1.82, 2.24) is 29.1 Å². The van der Waals surface area contributed by atoms with Crippen LogP contribution in [0.5, 0.6) is 0 Å². The third-order valence-electron chi connectivity index (χ3n) is 5.20. The Morgan fingerprint density at radius 2 is 1.74 bits per heavy atom. The van der Waals surface area contributed by atoms with Crippen molar-refractivity contribution >= 4 is 0 Å². The molecule has 3 heterocycles. The quantitative estimate of drug-likeness (QED) is 0.501. The Morgan fingerprint density at radius 1 is 1.03 bits per heavy atom. The van der Waals surface area contributed by atoms with Gasteiger partial charge in [0.2, 0.25) is 0 Å². The summed E-state index contributed by atoms with van der Waals surface area (Å²) in [5.74, 6) is 0.942. The molecule has 0 aliphatic carbocycles. The molecular formula is C23H26N8. The minimum atomic E-state index is -0.0184. The smallest absolute Gasteiger partial charge is 0.111 e. The van der Waals surface area contributed by atoms with Gasteiger partial charge in [-0.3, -0.25) is 9.36 Å². The van der Waals surface area contributed by atoms with E-state index in [1.54, 1.807) is 4.68 Å². The number of nitrogens with zero attached hydrogens (tertiary/aromatic N) is 7. The van der Waals surface area contributed by atoms with Crippen LogP contribution in [0, 0.1) is 11.3 Å². The van der Waals surface area contributed by atoms with Gasteiger partial charge in [-0.1, -0.05) is 12.1 Å². The van der Waals surface area contributed by atoms with Crippen molar-refractivity contribution in [3.8, 4) is 28.6 Å². The average molecular weight is 415 g/mol. The molecule has 0 saturated carbocycles. The highest BCUT2D eigenvalue weighted by Crippen LogP contribution is 2.33. The number of nitrogens with two attached hydrogens (primary N) is 1. The van der Waals surface area contributed by atoms with Crippen LogP contribution in [0.3, 0.4) is 0 Å². The van der Waals surface area contributed by atoms with Gasteiger partial charge in [-0.15, -0.1) is 0 Å². The lowest BCUT2D eigenvalue weighted by atomic mass is 10.0. The van der Waals surface area contributed by atoms with Crippen LogP contribution in [0.4, 0.5) is 0 Å². The van der Waals surface area contributed by atoms with Gasteiger partial charge in [0, 0.05) is 56.6 Å². The highest BCUT2D eigenvalue weighted by atomic mass is 15.2. The summed E-state index contributed by atoms with van der Waals surface area (Å²) in [4.78, 5) is 5.01. The predicted octanol–water partition coefficient (Wildman–Crippen LogP) is 2.69. The van der Waals surface area contributed by atoms with Crippen molar-refractivity contribution in [3.05, 3.63) is 66.0 Å². The van der Waals surface area contributed by atoms with E-state index in [4.69, 9.17) is 10.7 Å². The molecule has 8 nitrogen and oxygen atoms in total. The molecule has 8 heteroatoms. The first-order chi connectivity index (χ1) is 14.9. The van der Waals surface area contributed by atoms with E-state index in [9.17, 15) is 5.26 Å². The lowest BCUT2D eigenvalue weighted by molar-refractivity contribution is 0.616. The normalized spacial score (nSPS) is 12.1. The van der Waals surface area contributed by atoms with Crippen molar-refractivity contribution in [3.63, 3.8) is 0 Å². The van der Waals surface area contributed by atoms with Gasteiger partial charge in [0.1, 0.15) is 5.82 Å². The summed E-state index contributed by atoms with van der Waals surface area (Å²) in [7, 11) is 3.82. The summed E-state index contributed by atoms with van der Waals surface area (Å²) in [6, 6.07) is 9.80. The number of aromatic nitrogens is 6. The van der Waals surface area contributed by atoms with Crippen molar-refractivity contribution in [2.45, 2.75) is 32.4 Å². The lowest BCUT2D eigenvalue weighted by Gasteiger charge is -2.14. The van der Waals surface area contributed by atoms with Crippen LogP contribution >= 0.6 is 0 Å². The zero-order valence-corrected chi connectivity index (χ0v) is 18.0. The van der Waals surface area contributed by atoms with Crippen LogP contribution in [0.15, 0.2) is 49.1 Å². The summed E-state index contributed by atoms with van der Waals surface area (Å²) in [6.45, 7) is 2.74. The largest absolute Gasteiger partial charge is 0.328 e. The molecule has 4 aromatic rings. The molecule has 158 valence electrons. The Kier molecular flexibility index (Phi) is 5.69. The fourth-order valence-electron chi connectivity index (χ4n) is 3.77. The van der Waals surface area contributed by atoms with Crippen LogP contribution in [0.1, 0.15) is 23.9 Å². The molecule has 0 saturated heterocycles. The maximum atomic E-state index is 9.20. The van der Waals surface area contributed by atoms with Crippen LogP contribution in [0.25, 0.3) is 22.5 Å². The SMILES string of the molecule is CC(N)Cc1nc(-c2cnn(C)c2)c(-c2ccc(C#N)cc2)n1CCc1cnn(C)c1. The molecule has 1 aromatic carbocycles. The monoisotopic (exact) mass is 414 g/mol. The van der Waals surface area contributed by atoms with Gasteiger partial charge in [0.05, 0.1) is 35.4 Å². The minimum absolute atomic E-state index is 0.0184. The zero-order chi connectivity index (χ0) is 22.0. The predicted molar refractivity (Wildman–Crippen MR) is 119 cm³/mol. The summed E-state index contributed by atoms with van der Waals surface area (Å²) >= 11 is 0. The van der Waals surface area contributed by atoms with Crippen LogP contribution < -0.4 is 5.73 Å². The van der Waals surface area contributed by atoms with Crippen LogP contribution in [-0.2, 0) is 33.5 Å². The summed E-state index contributed by atoms with van der Waals surface area (Å²) in [6.07, 6.45) is 9.22. The molecule has 4 rings (SSSR count). The van der Waals surface area contributed by atoms with Gasteiger partial charge in [-0.25, -0.2) is 4.98 Å². The molecule has 0 aliphatic rings. The first-order valence-electron chi connectivity index (χ1n) is 10.3. The second kappa shape index (κ2) is 8.58. The van der Waals surface area contributed by atoms with E-state index in [1.807, 2.05) is 74.8 Å². The van der Waals surface area contributed by atoms with Crippen LogP contribution in [0.2, 0.25) is 0 Å². The van der Waals surface area contributed by atoms with E-state index in [2.05, 4.69) is 20.8 Å². The Balaban J connectivity index is 1.85. The van der Waals surface area contributed by atoms with E-state index in [1.165, 1.54) is 0 Å². The molecule has 3 aromatic heterocycles. The van der Waals surface area contributed by atoms with Crippen molar-refractivity contribution in [1.29, 1.82) is 5.26 Å². The fourth-order valence-corrected chi connectivity index (χ4v) is 3.77. The number of aryl methyl sites for hydroxylation is 3. The molecule has 31 heavy (non-hydrogen) atoms. The molecule has 1 atom stereocenters. The van der Waals surface area contributed by atoms with Gasteiger partial charge in [-0.05, 0) is 31.0 Å². The second-order valence-electron chi connectivity index (χ2n) is 7.92. The maximum absolute atomic E-state index is 9.20. The number of imidazole rings is 1. The third-order valence-corrected chi connectivity index (χ3v) is 5.20. The molecular weight excluding hydrogens is 388 g/mol. The van der Waals surface area contributed by atoms with Gasteiger partial charge < -0.3 is 10.3 Å². The number of benzene rings is 1. The molecule has 0 spiro atoms. The Hall–Kier alpha value is -3.70. The second-order valence-corrected chi connectivity index (χ2v) is 7.92. The van der Waals surface area contributed by atoms with E-state index in [0.29, 0.717) is 12.0 Å². The van der Waals surface area contributed by atoms with E-state index >= 15 is 0 Å². The zero-order valence-electron chi connectivity index (χ0n) is 18.0. The average Bonchev–Trinajstić information content (AvgIpc) is 3.45. The molecule has 0 bridgehead atoms. The molecule has 0 radical (unpaired) electrons.